The number of anilines is 1. The molecule has 0 aromatic carbocycles. The number of furan rings is 1. The van der Waals surface area contributed by atoms with Gasteiger partial charge in [0.25, 0.3) is 0 Å². The van der Waals surface area contributed by atoms with Gasteiger partial charge in [-0.05, 0) is 52.3 Å². The second-order valence-electron chi connectivity index (χ2n) is 4.08. The summed E-state index contributed by atoms with van der Waals surface area (Å²) >= 11 is 11.0. The summed E-state index contributed by atoms with van der Waals surface area (Å²) in [5.74, 6) is 0.833. The molecule has 0 saturated heterocycles. The van der Waals surface area contributed by atoms with E-state index in [4.69, 9.17) is 16.0 Å². The van der Waals surface area contributed by atoms with E-state index in [1.807, 2.05) is 36.4 Å². The van der Waals surface area contributed by atoms with Crippen molar-refractivity contribution in [2.45, 2.75) is 6.04 Å². The van der Waals surface area contributed by atoms with Gasteiger partial charge in [0.2, 0.25) is 0 Å². The van der Waals surface area contributed by atoms with Crippen LogP contribution in [-0.2, 0) is 0 Å². The fourth-order valence-corrected chi connectivity index (χ4v) is 3.36. The molecule has 0 amide bonds. The van der Waals surface area contributed by atoms with Crippen LogP contribution in [0.1, 0.15) is 16.7 Å². The lowest BCUT2D eigenvalue weighted by atomic mass is 10.2. The number of nitrogens with one attached hydrogen (secondary N) is 1. The van der Waals surface area contributed by atoms with Crippen LogP contribution in [0.3, 0.4) is 0 Å². The van der Waals surface area contributed by atoms with Gasteiger partial charge in [0, 0.05) is 11.1 Å². The Morgan fingerprint density at radius 1 is 1.25 bits per heavy atom. The van der Waals surface area contributed by atoms with Gasteiger partial charge >= 0.3 is 0 Å². The second-order valence-corrected chi connectivity index (χ2v) is 6.57. The Labute approximate surface area is 133 Å². The number of thiophene rings is 1. The predicted octanol–water partition coefficient (Wildman–Crippen LogP) is 5.35. The van der Waals surface area contributed by atoms with E-state index >= 15 is 0 Å². The van der Waals surface area contributed by atoms with E-state index in [0.29, 0.717) is 0 Å². The molecule has 0 fully saturated rings. The van der Waals surface area contributed by atoms with Gasteiger partial charge in [0.15, 0.2) is 0 Å². The molecule has 102 valence electrons. The molecule has 1 atom stereocenters. The van der Waals surface area contributed by atoms with Crippen molar-refractivity contribution in [2.75, 3.05) is 5.32 Å². The summed E-state index contributed by atoms with van der Waals surface area (Å²) < 4.78 is 7.05. The molecular weight excluding hydrogens is 360 g/mol. The first-order chi connectivity index (χ1) is 9.74. The zero-order valence-electron chi connectivity index (χ0n) is 10.2. The normalized spacial score (nSPS) is 12.3. The first-order valence-electron chi connectivity index (χ1n) is 5.90. The average molecular weight is 370 g/mol. The largest absolute Gasteiger partial charge is 0.467 e. The van der Waals surface area contributed by atoms with Crippen LogP contribution >= 0.6 is 38.9 Å². The smallest absolute Gasteiger partial charge is 0.131 e. The molecule has 0 aliphatic heterocycles. The summed E-state index contributed by atoms with van der Waals surface area (Å²) in [6, 6.07) is 11.4. The van der Waals surface area contributed by atoms with E-state index in [1.54, 1.807) is 12.5 Å². The number of aromatic nitrogens is 1. The van der Waals surface area contributed by atoms with E-state index < -0.39 is 0 Å². The summed E-state index contributed by atoms with van der Waals surface area (Å²) in [4.78, 5) is 5.30. The molecule has 1 N–H and O–H groups in total. The molecular formula is C14H10BrClN2OS. The standard InChI is InChI=1S/C14H10BrClN2OS/c15-14-9(3-1-7-17-14)18-13(10-4-2-8-19-10)11-5-6-12(16)20-11/h1-8,13,18H. The molecule has 3 rings (SSSR count). The number of rotatable bonds is 4. The maximum Gasteiger partial charge on any atom is 0.131 e. The lowest BCUT2D eigenvalue weighted by Crippen LogP contribution is -2.10. The van der Waals surface area contributed by atoms with E-state index in [2.05, 4.69) is 26.2 Å². The van der Waals surface area contributed by atoms with Crippen LogP contribution < -0.4 is 5.32 Å². The molecule has 3 nitrogen and oxygen atoms in total. The number of nitrogens with zero attached hydrogens (tertiary/aromatic N) is 1. The van der Waals surface area contributed by atoms with Gasteiger partial charge in [0.1, 0.15) is 16.4 Å². The van der Waals surface area contributed by atoms with E-state index in [-0.39, 0.29) is 6.04 Å². The van der Waals surface area contributed by atoms with Crippen molar-refractivity contribution in [2.24, 2.45) is 0 Å². The zero-order chi connectivity index (χ0) is 13.9. The molecule has 1 unspecified atom stereocenters. The van der Waals surface area contributed by atoms with Crippen molar-refractivity contribution in [3.05, 3.63) is 68.4 Å². The Kier molecular flexibility index (Phi) is 4.10. The zero-order valence-corrected chi connectivity index (χ0v) is 13.4. The molecule has 0 spiro atoms. The third-order valence-corrected chi connectivity index (χ3v) is 4.69. The summed E-state index contributed by atoms with van der Waals surface area (Å²) in [5.41, 5.74) is 0.901. The van der Waals surface area contributed by atoms with Crippen LogP contribution in [0, 0.1) is 0 Å². The van der Waals surface area contributed by atoms with Crippen molar-refractivity contribution in [1.82, 2.24) is 4.98 Å². The minimum absolute atomic E-state index is 0.0944. The Hall–Kier alpha value is -1.30. The quantitative estimate of drug-likeness (QED) is 0.630. The summed E-state index contributed by atoms with van der Waals surface area (Å²) in [5, 5.41) is 3.43. The Balaban J connectivity index is 1.97. The van der Waals surface area contributed by atoms with Gasteiger partial charge in [-0.3, -0.25) is 0 Å². The second kappa shape index (κ2) is 5.99. The van der Waals surface area contributed by atoms with Gasteiger partial charge in [-0.1, -0.05) is 11.6 Å². The molecule has 3 heterocycles. The summed E-state index contributed by atoms with van der Waals surface area (Å²) in [6.45, 7) is 0. The Morgan fingerprint density at radius 3 is 2.80 bits per heavy atom. The first-order valence-corrected chi connectivity index (χ1v) is 7.88. The summed E-state index contributed by atoms with van der Waals surface area (Å²) in [7, 11) is 0. The molecule has 0 aliphatic rings. The van der Waals surface area contributed by atoms with Gasteiger partial charge in [-0.25, -0.2) is 4.98 Å². The maximum absolute atomic E-state index is 6.04. The first kappa shape index (κ1) is 13.7. The van der Waals surface area contributed by atoms with Crippen LogP contribution in [0.4, 0.5) is 5.69 Å². The number of hydrogen-bond acceptors (Lipinski definition) is 4. The molecule has 6 heteroatoms. The van der Waals surface area contributed by atoms with Crippen LogP contribution in [0.2, 0.25) is 4.34 Å². The third kappa shape index (κ3) is 2.90. The van der Waals surface area contributed by atoms with E-state index in [9.17, 15) is 0 Å². The van der Waals surface area contributed by atoms with Crippen molar-refractivity contribution in [3.8, 4) is 0 Å². The van der Waals surface area contributed by atoms with Crippen molar-refractivity contribution >= 4 is 44.6 Å². The monoisotopic (exact) mass is 368 g/mol. The SMILES string of the molecule is Clc1ccc(C(Nc2cccnc2Br)c2ccco2)s1. The van der Waals surface area contributed by atoms with Crippen LogP contribution in [0.15, 0.2) is 57.9 Å². The highest BCUT2D eigenvalue weighted by Crippen LogP contribution is 2.35. The average Bonchev–Trinajstić information content (AvgIpc) is 3.09. The van der Waals surface area contributed by atoms with E-state index in [0.717, 1.165) is 25.3 Å². The predicted molar refractivity (Wildman–Crippen MR) is 85.4 cm³/mol. The molecule has 0 saturated carbocycles. The highest BCUT2D eigenvalue weighted by molar-refractivity contribution is 9.10. The third-order valence-electron chi connectivity index (χ3n) is 2.77. The number of pyridine rings is 1. The fraction of sp³-hybridized carbons (Fsp3) is 0.0714. The maximum atomic E-state index is 6.04. The topological polar surface area (TPSA) is 38.1 Å². The lowest BCUT2D eigenvalue weighted by molar-refractivity contribution is 0.500. The minimum atomic E-state index is -0.0944. The molecule has 0 bridgehead atoms. The van der Waals surface area contributed by atoms with Crippen LogP contribution in [0.5, 0.6) is 0 Å². The van der Waals surface area contributed by atoms with Crippen molar-refractivity contribution < 1.29 is 4.42 Å². The molecule has 0 radical (unpaired) electrons. The summed E-state index contributed by atoms with van der Waals surface area (Å²) in [6.07, 6.45) is 3.40. The van der Waals surface area contributed by atoms with Crippen molar-refractivity contribution in [3.63, 3.8) is 0 Å². The fourth-order valence-electron chi connectivity index (χ4n) is 1.87. The molecule has 3 aromatic heterocycles. The minimum Gasteiger partial charge on any atom is -0.467 e. The van der Waals surface area contributed by atoms with E-state index in [1.165, 1.54) is 11.3 Å². The Morgan fingerprint density at radius 2 is 2.15 bits per heavy atom. The molecule has 0 aliphatic carbocycles. The molecule has 3 aromatic rings. The van der Waals surface area contributed by atoms with Crippen LogP contribution in [-0.4, -0.2) is 4.98 Å². The van der Waals surface area contributed by atoms with Gasteiger partial charge in [-0.15, -0.1) is 11.3 Å². The Bertz CT molecular complexity index is 699. The highest BCUT2D eigenvalue weighted by Gasteiger charge is 2.19. The van der Waals surface area contributed by atoms with Gasteiger partial charge in [-0.2, -0.15) is 0 Å². The number of hydrogen-bond donors (Lipinski definition) is 1. The van der Waals surface area contributed by atoms with Gasteiger partial charge in [0.05, 0.1) is 16.3 Å². The highest BCUT2D eigenvalue weighted by atomic mass is 79.9. The van der Waals surface area contributed by atoms with Gasteiger partial charge < -0.3 is 9.73 Å². The molecule has 20 heavy (non-hydrogen) atoms. The number of halogens is 2. The van der Waals surface area contributed by atoms with Crippen LogP contribution in [0.25, 0.3) is 0 Å². The lowest BCUT2D eigenvalue weighted by Gasteiger charge is -2.17. The van der Waals surface area contributed by atoms with Crippen molar-refractivity contribution in [1.29, 1.82) is 0 Å².